The molecule has 0 heterocycles. The number of rotatable bonds is 3. The molecule has 0 bridgehead atoms. The van der Waals surface area contributed by atoms with Crippen LogP contribution in [0.4, 0.5) is 0 Å². The summed E-state index contributed by atoms with van der Waals surface area (Å²) >= 11 is 0. The van der Waals surface area contributed by atoms with E-state index in [2.05, 4.69) is 0 Å². The molecule has 1 aliphatic carbocycles. The van der Waals surface area contributed by atoms with Crippen molar-refractivity contribution in [3.05, 3.63) is 29.3 Å². The molecule has 0 saturated carbocycles. The third kappa shape index (κ3) is 2.16. The SMILES string of the molecule is CCC(=O)C1CC(C)(O)c2cccc(OC)c2C1=O. The maximum absolute atomic E-state index is 12.5. The molecule has 2 rings (SSSR count). The third-order valence-corrected chi connectivity index (χ3v) is 3.73. The molecule has 1 N–H and O–H groups in total. The molecule has 1 aliphatic rings. The fraction of sp³-hybridized carbons (Fsp3) is 0.467. The molecule has 0 aliphatic heterocycles. The molecule has 0 radical (unpaired) electrons. The fourth-order valence-corrected chi connectivity index (χ4v) is 2.69. The van der Waals surface area contributed by atoms with E-state index in [-0.39, 0.29) is 24.4 Å². The van der Waals surface area contributed by atoms with E-state index in [1.54, 1.807) is 32.0 Å². The molecule has 102 valence electrons. The summed E-state index contributed by atoms with van der Waals surface area (Å²) in [5.41, 5.74) is -0.308. The Bertz CT molecular complexity index is 531. The van der Waals surface area contributed by atoms with E-state index in [0.717, 1.165) is 0 Å². The second-order valence-electron chi connectivity index (χ2n) is 5.10. The summed E-state index contributed by atoms with van der Waals surface area (Å²) in [7, 11) is 1.48. The molecule has 1 aromatic rings. The van der Waals surface area contributed by atoms with Crippen LogP contribution in [-0.2, 0) is 10.4 Å². The molecule has 0 amide bonds. The molecule has 2 atom stereocenters. The highest BCUT2D eigenvalue weighted by molar-refractivity contribution is 6.13. The molecule has 0 aromatic heterocycles. The minimum Gasteiger partial charge on any atom is -0.496 e. The summed E-state index contributed by atoms with van der Waals surface area (Å²) in [5.74, 6) is -0.743. The Balaban J connectivity index is 2.61. The lowest BCUT2D eigenvalue weighted by molar-refractivity contribution is -0.123. The van der Waals surface area contributed by atoms with Gasteiger partial charge in [0.1, 0.15) is 11.5 Å². The van der Waals surface area contributed by atoms with Gasteiger partial charge in [-0.25, -0.2) is 0 Å². The van der Waals surface area contributed by atoms with Crippen molar-refractivity contribution in [1.82, 2.24) is 0 Å². The second kappa shape index (κ2) is 4.78. The van der Waals surface area contributed by atoms with Gasteiger partial charge in [0.25, 0.3) is 0 Å². The average molecular weight is 262 g/mol. The molecule has 19 heavy (non-hydrogen) atoms. The summed E-state index contributed by atoms with van der Waals surface area (Å²) in [4.78, 5) is 24.4. The van der Waals surface area contributed by atoms with Gasteiger partial charge < -0.3 is 9.84 Å². The number of fused-ring (bicyclic) bond motifs is 1. The van der Waals surface area contributed by atoms with Gasteiger partial charge in [0.2, 0.25) is 0 Å². The molecule has 4 heteroatoms. The summed E-state index contributed by atoms with van der Waals surface area (Å²) in [5, 5.41) is 10.5. The zero-order chi connectivity index (χ0) is 14.2. The molecular formula is C15H18O4. The maximum atomic E-state index is 12.5. The highest BCUT2D eigenvalue weighted by atomic mass is 16.5. The van der Waals surface area contributed by atoms with Gasteiger partial charge in [-0.2, -0.15) is 0 Å². The molecule has 0 fully saturated rings. The predicted octanol–water partition coefficient (Wildman–Crippen LogP) is 2.08. The lowest BCUT2D eigenvalue weighted by Crippen LogP contribution is -2.39. The summed E-state index contributed by atoms with van der Waals surface area (Å²) in [6, 6.07) is 5.12. The number of hydrogen-bond acceptors (Lipinski definition) is 4. The molecule has 4 nitrogen and oxygen atoms in total. The van der Waals surface area contributed by atoms with E-state index < -0.39 is 11.5 Å². The molecular weight excluding hydrogens is 244 g/mol. The number of ketones is 2. The first-order chi connectivity index (χ1) is 8.92. The van der Waals surface area contributed by atoms with Crippen LogP contribution in [0.3, 0.4) is 0 Å². The highest BCUT2D eigenvalue weighted by Crippen LogP contribution is 2.42. The van der Waals surface area contributed by atoms with Gasteiger partial charge in [-0.05, 0) is 25.0 Å². The standard InChI is InChI=1S/C15H18O4/c1-4-11(16)9-8-15(2,18)10-6-5-7-12(19-3)13(10)14(9)17/h5-7,9,18H,4,8H2,1-3H3. The van der Waals surface area contributed by atoms with Crippen LogP contribution >= 0.6 is 0 Å². The quantitative estimate of drug-likeness (QED) is 0.847. The minimum atomic E-state index is -1.19. The number of Topliss-reactive ketones (excluding diaryl/α,β-unsaturated/α-hetero) is 2. The van der Waals surface area contributed by atoms with Gasteiger partial charge in [0, 0.05) is 6.42 Å². The number of carbonyl (C=O) groups is 2. The topological polar surface area (TPSA) is 63.6 Å². The van der Waals surface area contributed by atoms with Crippen LogP contribution in [0.5, 0.6) is 5.75 Å². The van der Waals surface area contributed by atoms with Gasteiger partial charge in [0.15, 0.2) is 5.78 Å². The van der Waals surface area contributed by atoms with Gasteiger partial charge in [-0.15, -0.1) is 0 Å². The van der Waals surface area contributed by atoms with Gasteiger partial charge in [-0.3, -0.25) is 9.59 Å². The van der Waals surface area contributed by atoms with Crippen LogP contribution < -0.4 is 4.74 Å². The van der Waals surface area contributed by atoms with E-state index in [1.807, 2.05) is 0 Å². The predicted molar refractivity (Wildman–Crippen MR) is 70.3 cm³/mol. The van der Waals surface area contributed by atoms with Gasteiger partial charge in [-0.1, -0.05) is 19.1 Å². The van der Waals surface area contributed by atoms with E-state index in [0.29, 0.717) is 16.9 Å². The maximum Gasteiger partial charge on any atom is 0.177 e. The number of ether oxygens (including phenoxy) is 1. The van der Waals surface area contributed by atoms with Crippen molar-refractivity contribution in [2.24, 2.45) is 5.92 Å². The first-order valence-electron chi connectivity index (χ1n) is 6.39. The lowest BCUT2D eigenvalue weighted by Gasteiger charge is -2.35. The first-order valence-corrected chi connectivity index (χ1v) is 6.39. The van der Waals surface area contributed by atoms with Crippen molar-refractivity contribution in [2.75, 3.05) is 7.11 Å². The van der Waals surface area contributed by atoms with Crippen molar-refractivity contribution >= 4 is 11.6 Å². The van der Waals surface area contributed by atoms with E-state index in [9.17, 15) is 14.7 Å². The number of methoxy groups -OCH3 is 1. The van der Waals surface area contributed by atoms with Crippen molar-refractivity contribution in [3.63, 3.8) is 0 Å². The zero-order valence-electron chi connectivity index (χ0n) is 11.4. The Morgan fingerprint density at radius 2 is 2.21 bits per heavy atom. The van der Waals surface area contributed by atoms with Crippen LogP contribution in [0.15, 0.2) is 18.2 Å². The summed E-state index contributed by atoms with van der Waals surface area (Å²) in [6.07, 6.45) is 0.426. The number of hydrogen-bond donors (Lipinski definition) is 1. The number of aliphatic hydroxyl groups is 1. The van der Waals surface area contributed by atoms with E-state index in [4.69, 9.17) is 4.74 Å². The largest absolute Gasteiger partial charge is 0.496 e. The summed E-state index contributed by atoms with van der Waals surface area (Å²) in [6.45, 7) is 3.36. The Morgan fingerprint density at radius 1 is 1.53 bits per heavy atom. The second-order valence-corrected chi connectivity index (χ2v) is 5.10. The number of benzene rings is 1. The zero-order valence-corrected chi connectivity index (χ0v) is 11.4. The Labute approximate surface area is 112 Å². The average Bonchev–Trinajstić information content (AvgIpc) is 2.41. The lowest BCUT2D eigenvalue weighted by atomic mass is 9.72. The number of carbonyl (C=O) groups excluding carboxylic acids is 2. The highest BCUT2D eigenvalue weighted by Gasteiger charge is 2.44. The molecule has 0 spiro atoms. The normalized spacial score (nSPS) is 25.9. The van der Waals surface area contributed by atoms with E-state index in [1.165, 1.54) is 7.11 Å². The smallest absolute Gasteiger partial charge is 0.177 e. The van der Waals surface area contributed by atoms with Crippen LogP contribution in [0, 0.1) is 5.92 Å². The Kier molecular flexibility index (Phi) is 3.45. The Hall–Kier alpha value is -1.68. The Morgan fingerprint density at radius 3 is 2.79 bits per heavy atom. The molecule has 2 unspecified atom stereocenters. The van der Waals surface area contributed by atoms with Crippen molar-refractivity contribution in [2.45, 2.75) is 32.3 Å². The van der Waals surface area contributed by atoms with E-state index >= 15 is 0 Å². The monoisotopic (exact) mass is 262 g/mol. The molecule has 0 saturated heterocycles. The first kappa shape index (κ1) is 13.7. The van der Waals surface area contributed by atoms with Crippen LogP contribution in [0.25, 0.3) is 0 Å². The van der Waals surface area contributed by atoms with Crippen LogP contribution in [0.2, 0.25) is 0 Å². The van der Waals surface area contributed by atoms with Crippen molar-refractivity contribution < 1.29 is 19.4 Å². The van der Waals surface area contributed by atoms with Crippen molar-refractivity contribution in [1.29, 1.82) is 0 Å². The third-order valence-electron chi connectivity index (χ3n) is 3.73. The fourth-order valence-electron chi connectivity index (χ4n) is 2.69. The van der Waals surface area contributed by atoms with Crippen molar-refractivity contribution in [3.8, 4) is 5.75 Å². The van der Waals surface area contributed by atoms with Crippen LogP contribution in [0.1, 0.15) is 42.6 Å². The van der Waals surface area contributed by atoms with Gasteiger partial charge in [0.05, 0.1) is 24.2 Å². The summed E-state index contributed by atoms with van der Waals surface area (Å²) < 4.78 is 5.19. The van der Waals surface area contributed by atoms with Crippen LogP contribution in [-0.4, -0.2) is 23.8 Å². The molecule has 1 aromatic carbocycles. The minimum absolute atomic E-state index is 0.137. The van der Waals surface area contributed by atoms with Gasteiger partial charge >= 0.3 is 0 Å².